The summed E-state index contributed by atoms with van der Waals surface area (Å²) in [7, 11) is -0.123. The van der Waals surface area contributed by atoms with Gasteiger partial charge in [-0.05, 0) is 66.6 Å². The minimum Gasteiger partial charge on any atom is -0.378 e. The molecule has 0 unspecified atom stereocenters. The molecule has 0 radical (unpaired) electrons. The Morgan fingerprint density at radius 1 is 0.897 bits per heavy atom. The van der Waals surface area contributed by atoms with Crippen LogP contribution >= 0.6 is 11.6 Å². The van der Waals surface area contributed by atoms with E-state index in [9.17, 15) is 13.2 Å². The molecule has 200 valence electrons. The lowest BCUT2D eigenvalue weighted by atomic mass is 10.1. The zero-order valence-electron chi connectivity index (χ0n) is 21.9. The normalized spacial score (nSPS) is 11.4. The molecule has 0 heterocycles. The number of nitrogens with zero attached hydrogens (tertiary/aromatic N) is 3. The zero-order chi connectivity index (χ0) is 28.0. The van der Waals surface area contributed by atoms with Gasteiger partial charge in [-0.2, -0.15) is 5.10 Å². The van der Waals surface area contributed by atoms with Gasteiger partial charge < -0.3 is 4.90 Å². The smallest absolute Gasteiger partial charge is 0.273 e. The van der Waals surface area contributed by atoms with Gasteiger partial charge in [0.25, 0.3) is 15.9 Å². The van der Waals surface area contributed by atoms with Crippen LogP contribution in [0.4, 0.5) is 11.4 Å². The predicted molar refractivity (Wildman–Crippen MR) is 158 cm³/mol. The van der Waals surface area contributed by atoms with Crippen LogP contribution in [0.15, 0.2) is 107 Å². The molecule has 0 bridgehead atoms. The first-order valence-electron chi connectivity index (χ1n) is 12.2. The number of carbonyl (C=O) groups excluding carboxylic acids is 1. The number of carbonyl (C=O) groups is 1. The molecule has 0 saturated heterocycles. The van der Waals surface area contributed by atoms with Gasteiger partial charge in [-0.1, -0.05) is 65.7 Å². The van der Waals surface area contributed by atoms with Crippen LogP contribution in [0, 0.1) is 6.92 Å². The maximum Gasteiger partial charge on any atom is 0.273 e. The molecule has 39 heavy (non-hydrogen) atoms. The molecule has 0 aliphatic carbocycles. The molecule has 0 fully saturated rings. The molecule has 0 aliphatic rings. The molecule has 1 N–H and O–H groups in total. The second kappa shape index (κ2) is 12.1. The van der Waals surface area contributed by atoms with Crippen molar-refractivity contribution in [2.24, 2.45) is 5.10 Å². The Morgan fingerprint density at radius 3 is 2.18 bits per heavy atom. The van der Waals surface area contributed by atoms with Crippen LogP contribution in [0.25, 0.3) is 0 Å². The number of sulfonamides is 1. The predicted octanol–water partition coefficient (Wildman–Crippen LogP) is 5.87. The van der Waals surface area contributed by atoms with Crippen molar-refractivity contribution in [3.8, 4) is 0 Å². The third-order valence-electron chi connectivity index (χ3n) is 6.05. The molecule has 9 heteroatoms. The summed E-state index contributed by atoms with van der Waals surface area (Å²) in [6.45, 7) is 1.89. The molecule has 4 aromatic rings. The lowest BCUT2D eigenvalue weighted by molar-refractivity contribution is 0.0955. The van der Waals surface area contributed by atoms with Gasteiger partial charge in [-0.3, -0.25) is 9.10 Å². The van der Waals surface area contributed by atoms with E-state index < -0.39 is 15.9 Å². The summed E-state index contributed by atoms with van der Waals surface area (Å²) in [5.41, 5.74) is 6.43. The summed E-state index contributed by atoms with van der Waals surface area (Å²) < 4.78 is 29.0. The largest absolute Gasteiger partial charge is 0.378 e. The van der Waals surface area contributed by atoms with E-state index in [0.717, 1.165) is 16.8 Å². The fourth-order valence-corrected chi connectivity index (χ4v) is 5.46. The molecule has 0 aliphatic heterocycles. The number of nitrogens with one attached hydrogen (secondary N) is 1. The average Bonchev–Trinajstić information content (AvgIpc) is 2.93. The fraction of sp³-hybridized carbons (Fsp3) is 0.133. The average molecular weight is 561 g/mol. The Morgan fingerprint density at radius 2 is 1.54 bits per heavy atom. The molecule has 0 aromatic heterocycles. The summed E-state index contributed by atoms with van der Waals surface area (Å²) in [6.07, 6.45) is 1.54. The molecular weight excluding hydrogens is 532 g/mol. The van der Waals surface area contributed by atoms with E-state index in [2.05, 4.69) is 10.5 Å². The number of para-hydroxylation sites is 1. The monoisotopic (exact) mass is 560 g/mol. The number of rotatable bonds is 9. The summed E-state index contributed by atoms with van der Waals surface area (Å²) in [6, 6.07) is 27.8. The van der Waals surface area contributed by atoms with Crippen molar-refractivity contribution in [1.29, 1.82) is 0 Å². The Balaban J connectivity index is 1.67. The fourth-order valence-electron chi connectivity index (χ4n) is 3.86. The second-order valence-electron chi connectivity index (χ2n) is 9.15. The minimum atomic E-state index is -4.03. The molecular formula is C30H29ClN4O3S. The van der Waals surface area contributed by atoms with Crippen LogP contribution in [0.1, 0.15) is 27.0 Å². The van der Waals surface area contributed by atoms with Gasteiger partial charge in [0.15, 0.2) is 0 Å². The lowest BCUT2D eigenvalue weighted by Gasteiger charge is -2.26. The van der Waals surface area contributed by atoms with Crippen LogP contribution in [0.5, 0.6) is 0 Å². The maximum absolute atomic E-state index is 13.9. The molecule has 0 atom stereocenters. The number of amides is 1. The first-order valence-corrected chi connectivity index (χ1v) is 14.0. The highest BCUT2D eigenvalue weighted by atomic mass is 35.5. The van der Waals surface area contributed by atoms with E-state index in [0.29, 0.717) is 10.6 Å². The van der Waals surface area contributed by atoms with E-state index in [-0.39, 0.29) is 22.7 Å². The van der Waals surface area contributed by atoms with Gasteiger partial charge in [-0.25, -0.2) is 13.8 Å². The van der Waals surface area contributed by atoms with Gasteiger partial charge in [-0.15, -0.1) is 0 Å². The molecule has 0 spiro atoms. The zero-order valence-corrected chi connectivity index (χ0v) is 23.4. The maximum atomic E-state index is 13.9. The van der Waals surface area contributed by atoms with Gasteiger partial charge in [0.1, 0.15) is 0 Å². The summed E-state index contributed by atoms with van der Waals surface area (Å²) >= 11 is 6.05. The third-order valence-corrected chi connectivity index (χ3v) is 8.08. The Bertz CT molecular complexity index is 1570. The van der Waals surface area contributed by atoms with E-state index in [1.165, 1.54) is 10.5 Å². The van der Waals surface area contributed by atoms with Crippen LogP contribution in [0.2, 0.25) is 5.02 Å². The number of aryl methyl sites for hydroxylation is 1. The Hall–Kier alpha value is -4.14. The lowest BCUT2D eigenvalue weighted by Crippen LogP contribution is -2.33. The van der Waals surface area contributed by atoms with Gasteiger partial charge >= 0.3 is 0 Å². The highest BCUT2D eigenvalue weighted by Crippen LogP contribution is 2.30. The number of hydrogen-bond acceptors (Lipinski definition) is 5. The quantitative estimate of drug-likeness (QED) is 0.205. The highest BCUT2D eigenvalue weighted by Gasteiger charge is 2.28. The minimum absolute atomic E-state index is 0.000830. The van der Waals surface area contributed by atoms with Crippen molar-refractivity contribution in [1.82, 2.24) is 5.43 Å². The molecule has 4 aromatic carbocycles. The second-order valence-corrected chi connectivity index (χ2v) is 11.5. The van der Waals surface area contributed by atoms with E-state index in [1.807, 2.05) is 50.2 Å². The molecule has 7 nitrogen and oxygen atoms in total. The number of anilines is 2. The van der Waals surface area contributed by atoms with Crippen molar-refractivity contribution < 1.29 is 13.2 Å². The SMILES string of the molecule is Cc1ccc(S(=O)(=O)N(Cc2ccc(Cl)cc2)c2ccccc2C(=O)N/N=C/c2ccc(N(C)C)cc2)cc1. The van der Waals surface area contributed by atoms with E-state index in [1.54, 1.807) is 72.8 Å². The number of benzene rings is 4. The van der Waals surface area contributed by atoms with Crippen LogP contribution in [-0.2, 0) is 16.6 Å². The number of halogens is 1. The first-order chi connectivity index (χ1) is 18.6. The van der Waals surface area contributed by atoms with Crippen molar-refractivity contribution in [3.05, 3.63) is 124 Å². The topological polar surface area (TPSA) is 82.1 Å². The molecule has 4 rings (SSSR count). The summed E-state index contributed by atoms with van der Waals surface area (Å²) in [4.78, 5) is 15.3. The van der Waals surface area contributed by atoms with E-state index >= 15 is 0 Å². The van der Waals surface area contributed by atoms with Gasteiger partial charge in [0.2, 0.25) is 0 Å². The number of hydrogen-bond donors (Lipinski definition) is 1. The van der Waals surface area contributed by atoms with Gasteiger partial charge in [0.05, 0.1) is 28.9 Å². The molecule has 1 amide bonds. The van der Waals surface area contributed by atoms with Crippen LogP contribution in [0.3, 0.4) is 0 Å². The Kier molecular flexibility index (Phi) is 8.69. The van der Waals surface area contributed by atoms with Gasteiger partial charge in [0, 0.05) is 24.8 Å². The summed E-state index contributed by atoms with van der Waals surface area (Å²) in [5.74, 6) is -0.535. The van der Waals surface area contributed by atoms with E-state index in [4.69, 9.17) is 11.6 Å². The first kappa shape index (κ1) is 27.9. The standard InChI is InChI=1S/C30H29ClN4O3S/c1-22-8-18-27(19-9-22)39(37,38)35(21-24-10-14-25(31)15-11-24)29-7-5-4-6-28(29)30(36)33-32-20-23-12-16-26(17-13-23)34(2)3/h4-20H,21H2,1-3H3,(H,33,36)/b32-20+. The van der Waals surface area contributed by atoms with Crippen molar-refractivity contribution in [2.75, 3.05) is 23.3 Å². The third kappa shape index (κ3) is 6.85. The van der Waals surface area contributed by atoms with Crippen LogP contribution in [-0.4, -0.2) is 34.6 Å². The van der Waals surface area contributed by atoms with Crippen molar-refractivity contribution >= 4 is 45.1 Å². The summed E-state index contributed by atoms with van der Waals surface area (Å²) in [5, 5.41) is 4.64. The highest BCUT2D eigenvalue weighted by molar-refractivity contribution is 7.92. The Labute approximate surface area is 234 Å². The van der Waals surface area contributed by atoms with Crippen molar-refractivity contribution in [2.45, 2.75) is 18.4 Å². The van der Waals surface area contributed by atoms with Crippen LogP contribution < -0.4 is 14.6 Å². The van der Waals surface area contributed by atoms with Crippen molar-refractivity contribution in [3.63, 3.8) is 0 Å². The molecule has 0 saturated carbocycles. The number of hydrazone groups is 1.